The summed E-state index contributed by atoms with van der Waals surface area (Å²) in [6, 6.07) is 10.6. The van der Waals surface area contributed by atoms with E-state index in [9.17, 15) is 9.59 Å². The highest BCUT2D eigenvalue weighted by Crippen LogP contribution is 2.36. The van der Waals surface area contributed by atoms with Gasteiger partial charge in [0.1, 0.15) is 0 Å². The van der Waals surface area contributed by atoms with E-state index < -0.39 is 17.4 Å². The molecule has 1 N–H and O–H groups in total. The number of fused-ring (bicyclic) bond motifs is 1. The molecule has 142 valence electrons. The zero-order valence-electron chi connectivity index (χ0n) is 15.4. The van der Waals surface area contributed by atoms with E-state index in [2.05, 4.69) is 10.3 Å². The summed E-state index contributed by atoms with van der Waals surface area (Å²) in [5.41, 5.74) is -0.810. The fourth-order valence-electron chi connectivity index (χ4n) is 2.95. The minimum atomic E-state index is -1.65. The number of amides is 2. The van der Waals surface area contributed by atoms with Crippen LogP contribution in [0.25, 0.3) is 0 Å². The van der Waals surface area contributed by atoms with Gasteiger partial charge in [-0.25, -0.2) is 4.98 Å². The number of hydrogen-bond donors (Lipinski definition) is 1. The molecule has 0 radical (unpaired) electrons. The number of carbonyl (C=O) groups excluding carboxylic acids is 2. The SMILES string of the molecule is CCCCN1C(=O)[C@](C)(C(=O)NCc2cccc(Cl)c2)Oc2cccnc21. The number of pyridine rings is 1. The van der Waals surface area contributed by atoms with Crippen LogP contribution in [0.3, 0.4) is 0 Å². The van der Waals surface area contributed by atoms with E-state index in [1.807, 2.05) is 19.1 Å². The van der Waals surface area contributed by atoms with Crippen LogP contribution >= 0.6 is 11.6 Å². The van der Waals surface area contributed by atoms with E-state index in [1.165, 1.54) is 6.92 Å². The van der Waals surface area contributed by atoms with Crippen molar-refractivity contribution < 1.29 is 14.3 Å². The second kappa shape index (κ2) is 7.96. The number of carbonyl (C=O) groups is 2. The van der Waals surface area contributed by atoms with E-state index in [0.29, 0.717) is 23.1 Å². The van der Waals surface area contributed by atoms with Crippen LogP contribution in [0, 0.1) is 0 Å². The minimum Gasteiger partial charge on any atom is -0.464 e. The molecular formula is C20H22ClN3O3. The lowest BCUT2D eigenvalue weighted by atomic mass is 10.0. The van der Waals surface area contributed by atoms with Gasteiger partial charge in [0, 0.05) is 24.3 Å². The Morgan fingerprint density at radius 1 is 1.33 bits per heavy atom. The fraction of sp³-hybridized carbons (Fsp3) is 0.350. The second-order valence-electron chi connectivity index (χ2n) is 6.58. The van der Waals surface area contributed by atoms with E-state index in [1.54, 1.807) is 35.4 Å². The third-order valence-electron chi connectivity index (χ3n) is 4.48. The van der Waals surface area contributed by atoms with Gasteiger partial charge in [0.2, 0.25) is 0 Å². The molecule has 0 saturated carbocycles. The Balaban J connectivity index is 1.82. The summed E-state index contributed by atoms with van der Waals surface area (Å²) in [6.45, 7) is 4.28. The predicted octanol–water partition coefficient (Wildman–Crippen LogP) is 3.34. The molecule has 0 unspecified atom stereocenters. The summed E-state index contributed by atoms with van der Waals surface area (Å²) < 4.78 is 5.82. The van der Waals surface area contributed by atoms with Crippen molar-refractivity contribution in [2.45, 2.75) is 38.8 Å². The average Bonchev–Trinajstić information content (AvgIpc) is 2.66. The van der Waals surface area contributed by atoms with Gasteiger partial charge < -0.3 is 10.1 Å². The first-order chi connectivity index (χ1) is 13.0. The summed E-state index contributed by atoms with van der Waals surface area (Å²) in [6.07, 6.45) is 3.34. The standard InChI is InChI=1S/C20H22ClN3O3/c1-3-4-11-24-17-16(9-6-10-22-17)27-20(2,19(24)26)18(25)23-13-14-7-5-8-15(21)12-14/h5-10,12H,3-4,11,13H2,1-2H3,(H,23,25)/t20-/m0/s1. The molecule has 1 aliphatic rings. The lowest BCUT2D eigenvalue weighted by Gasteiger charge is -2.38. The number of anilines is 1. The van der Waals surface area contributed by atoms with Crippen LogP contribution < -0.4 is 15.0 Å². The molecule has 0 spiro atoms. The maximum Gasteiger partial charge on any atom is 0.282 e. The van der Waals surface area contributed by atoms with Crippen molar-refractivity contribution in [1.29, 1.82) is 0 Å². The topological polar surface area (TPSA) is 71.5 Å². The van der Waals surface area contributed by atoms with Crippen molar-refractivity contribution in [2.75, 3.05) is 11.4 Å². The quantitative estimate of drug-likeness (QED) is 0.772. The average molecular weight is 388 g/mol. The summed E-state index contributed by atoms with van der Waals surface area (Å²) >= 11 is 5.98. The van der Waals surface area contributed by atoms with Gasteiger partial charge in [0.05, 0.1) is 0 Å². The highest BCUT2D eigenvalue weighted by Gasteiger charge is 2.50. The first-order valence-electron chi connectivity index (χ1n) is 8.94. The molecule has 0 fully saturated rings. The lowest BCUT2D eigenvalue weighted by molar-refractivity contribution is -0.148. The zero-order chi connectivity index (χ0) is 19.4. The number of rotatable bonds is 6. The Bertz CT molecular complexity index is 858. The smallest absolute Gasteiger partial charge is 0.282 e. The number of unbranched alkanes of at least 4 members (excludes halogenated alkanes) is 1. The van der Waals surface area contributed by atoms with Gasteiger partial charge in [-0.1, -0.05) is 37.1 Å². The minimum absolute atomic E-state index is 0.250. The Morgan fingerprint density at radius 2 is 2.15 bits per heavy atom. The Kier molecular flexibility index (Phi) is 5.65. The number of halogens is 1. The number of hydrogen-bond acceptors (Lipinski definition) is 4. The third-order valence-corrected chi connectivity index (χ3v) is 4.72. The van der Waals surface area contributed by atoms with Crippen LogP contribution in [0.2, 0.25) is 5.02 Å². The summed E-state index contributed by atoms with van der Waals surface area (Å²) in [5, 5.41) is 3.37. The number of nitrogens with one attached hydrogen (secondary N) is 1. The fourth-order valence-corrected chi connectivity index (χ4v) is 3.16. The van der Waals surface area contributed by atoms with E-state index in [0.717, 1.165) is 18.4 Å². The molecule has 2 aromatic rings. The van der Waals surface area contributed by atoms with Gasteiger partial charge in [0.15, 0.2) is 11.6 Å². The van der Waals surface area contributed by atoms with Crippen molar-refractivity contribution in [3.8, 4) is 5.75 Å². The molecule has 6 nitrogen and oxygen atoms in total. The summed E-state index contributed by atoms with van der Waals surface area (Å²) in [4.78, 5) is 31.8. The number of ether oxygens (including phenoxy) is 1. The molecule has 1 aromatic carbocycles. The van der Waals surface area contributed by atoms with Crippen molar-refractivity contribution in [2.24, 2.45) is 0 Å². The van der Waals surface area contributed by atoms with Gasteiger partial charge >= 0.3 is 0 Å². The Hall–Kier alpha value is -2.60. The zero-order valence-corrected chi connectivity index (χ0v) is 16.1. The molecule has 3 rings (SSSR count). The number of benzene rings is 1. The lowest BCUT2D eigenvalue weighted by Crippen LogP contribution is -2.62. The molecule has 27 heavy (non-hydrogen) atoms. The molecule has 2 amide bonds. The molecular weight excluding hydrogens is 366 g/mol. The van der Waals surface area contributed by atoms with Crippen molar-refractivity contribution >= 4 is 29.2 Å². The van der Waals surface area contributed by atoms with Gasteiger partial charge in [-0.05, 0) is 43.2 Å². The van der Waals surface area contributed by atoms with Crippen molar-refractivity contribution in [1.82, 2.24) is 10.3 Å². The Labute approximate surface area is 163 Å². The highest BCUT2D eigenvalue weighted by molar-refractivity contribution is 6.30. The highest BCUT2D eigenvalue weighted by atomic mass is 35.5. The molecule has 1 atom stereocenters. The first-order valence-corrected chi connectivity index (χ1v) is 9.32. The summed E-state index contributed by atoms with van der Waals surface area (Å²) in [7, 11) is 0. The van der Waals surface area contributed by atoms with E-state index >= 15 is 0 Å². The summed E-state index contributed by atoms with van der Waals surface area (Å²) in [5.74, 6) is -0.0288. The van der Waals surface area contributed by atoms with Crippen LogP contribution in [0.4, 0.5) is 5.82 Å². The molecule has 0 bridgehead atoms. The molecule has 7 heteroatoms. The van der Waals surface area contributed by atoms with Crippen LogP contribution in [0.15, 0.2) is 42.6 Å². The maximum absolute atomic E-state index is 13.1. The molecule has 0 saturated heterocycles. The normalized spacial score (nSPS) is 18.6. The molecule has 1 aliphatic heterocycles. The number of aromatic nitrogens is 1. The second-order valence-corrected chi connectivity index (χ2v) is 7.02. The molecule has 0 aliphatic carbocycles. The van der Waals surface area contributed by atoms with E-state index in [-0.39, 0.29) is 6.54 Å². The predicted molar refractivity (Wildman–Crippen MR) is 104 cm³/mol. The molecule has 2 heterocycles. The van der Waals surface area contributed by atoms with Gasteiger partial charge in [-0.3, -0.25) is 14.5 Å². The monoisotopic (exact) mass is 387 g/mol. The Morgan fingerprint density at radius 3 is 2.89 bits per heavy atom. The van der Waals surface area contributed by atoms with Crippen molar-refractivity contribution in [3.05, 3.63) is 53.2 Å². The van der Waals surface area contributed by atoms with E-state index in [4.69, 9.17) is 16.3 Å². The van der Waals surface area contributed by atoms with Gasteiger partial charge in [-0.2, -0.15) is 0 Å². The largest absolute Gasteiger partial charge is 0.464 e. The van der Waals surface area contributed by atoms with Gasteiger partial charge in [0.25, 0.3) is 17.4 Å². The third kappa shape index (κ3) is 3.90. The van der Waals surface area contributed by atoms with Crippen LogP contribution in [0.5, 0.6) is 5.75 Å². The van der Waals surface area contributed by atoms with Crippen molar-refractivity contribution in [3.63, 3.8) is 0 Å². The van der Waals surface area contributed by atoms with Gasteiger partial charge in [-0.15, -0.1) is 0 Å². The first kappa shape index (κ1) is 19.2. The molecule has 1 aromatic heterocycles. The number of nitrogens with zero attached hydrogens (tertiary/aromatic N) is 2. The van der Waals surface area contributed by atoms with Crippen LogP contribution in [-0.2, 0) is 16.1 Å². The van der Waals surface area contributed by atoms with Crippen LogP contribution in [0.1, 0.15) is 32.3 Å². The maximum atomic E-state index is 13.1. The van der Waals surface area contributed by atoms with Crippen LogP contribution in [-0.4, -0.2) is 28.9 Å².